The Morgan fingerprint density at radius 2 is 1.77 bits per heavy atom. The van der Waals surface area contributed by atoms with Gasteiger partial charge in [0.25, 0.3) is 0 Å². The van der Waals surface area contributed by atoms with Crippen LogP contribution in [0.3, 0.4) is 0 Å². The summed E-state index contributed by atoms with van der Waals surface area (Å²) in [7, 11) is 0. The van der Waals surface area contributed by atoms with Crippen molar-refractivity contribution in [3.8, 4) is 0 Å². The zero-order chi connectivity index (χ0) is 16.4. The van der Waals surface area contributed by atoms with Crippen LogP contribution in [-0.4, -0.2) is 42.5 Å². The van der Waals surface area contributed by atoms with Crippen molar-refractivity contribution in [1.82, 2.24) is 4.90 Å². The lowest BCUT2D eigenvalue weighted by molar-refractivity contribution is -0.439. The van der Waals surface area contributed by atoms with Crippen LogP contribution in [0.5, 0.6) is 0 Å². The van der Waals surface area contributed by atoms with Crippen LogP contribution in [0.25, 0.3) is 0 Å². The summed E-state index contributed by atoms with van der Waals surface area (Å²) in [5, 5.41) is 0. The van der Waals surface area contributed by atoms with Crippen LogP contribution in [0.2, 0.25) is 0 Å². The lowest BCUT2D eigenvalue weighted by Gasteiger charge is -2.43. The van der Waals surface area contributed by atoms with Gasteiger partial charge < -0.3 is 4.74 Å². The molecule has 2 rings (SSSR count). The molecule has 0 aromatic rings. The first-order valence-corrected chi connectivity index (χ1v) is 8.82. The average Bonchev–Trinajstić information content (AvgIpc) is 2.78. The van der Waals surface area contributed by atoms with Gasteiger partial charge in [-0.2, -0.15) is 0 Å². The Kier molecular flexibility index (Phi) is 5.59. The van der Waals surface area contributed by atoms with Crippen LogP contribution >= 0.6 is 0 Å². The van der Waals surface area contributed by atoms with Gasteiger partial charge in [0.2, 0.25) is 0 Å². The summed E-state index contributed by atoms with van der Waals surface area (Å²) in [6, 6.07) is 0. The van der Waals surface area contributed by atoms with Crippen molar-refractivity contribution in [3.05, 3.63) is 0 Å². The predicted molar refractivity (Wildman–Crippen MR) is 88.5 cm³/mol. The molecule has 1 aliphatic carbocycles. The van der Waals surface area contributed by atoms with Crippen LogP contribution in [0.1, 0.15) is 67.2 Å². The molecule has 0 spiro atoms. The van der Waals surface area contributed by atoms with Crippen molar-refractivity contribution in [1.29, 1.82) is 0 Å². The van der Waals surface area contributed by atoms with E-state index in [1.807, 2.05) is 0 Å². The molecule has 1 saturated carbocycles. The summed E-state index contributed by atoms with van der Waals surface area (Å²) in [5.41, 5.74) is -0.302. The third kappa shape index (κ3) is 4.92. The lowest BCUT2D eigenvalue weighted by atomic mass is 9.84. The number of morpholine rings is 1. The van der Waals surface area contributed by atoms with E-state index in [4.69, 9.17) is 14.5 Å². The van der Waals surface area contributed by atoms with Crippen LogP contribution in [0.4, 0.5) is 0 Å². The predicted octanol–water partition coefficient (Wildman–Crippen LogP) is 4.00. The van der Waals surface area contributed by atoms with Gasteiger partial charge in [-0.05, 0) is 50.9 Å². The molecular formula is C18H35NO3. The van der Waals surface area contributed by atoms with Gasteiger partial charge in [-0.15, -0.1) is 0 Å². The summed E-state index contributed by atoms with van der Waals surface area (Å²) in [6.45, 7) is 16.8. The van der Waals surface area contributed by atoms with Gasteiger partial charge in [0.15, 0.2) is 5.72 Å². The van der Waals surface area contributed by atoms with E-state index in [1.54, 1.807) is 0 Å². The fraction of sp³-hybridized carbons (Fsp3) is 1.00. The third-order valence-corrected chi connectivity index (χ3v) is 4.66. The van der Waals surface area contributed by atoms with Crippen molar-refractivity contribution < 1.29 is 14.5 Å². The molecule has 0 radical (unpaired) electrons. The van der Waals surface area contributed by atoms with E-state index in [1.165, 1.54) is 6.42 Å². The number of ether oxygens (including phenoxy) is 1. The number of hydrogen-bond donors (Lipinski definition) is 0. The van der Waals surface area contributed by atoms with Crippen molar-refractivity contribution in [2.45, 2.75) is 78.6 Å². The molecule has 0 N–H and O–H groups in total. The van der Waals surface area contributed by atoms with Crippen molar-refractivity contribution >= 4 is 0 Å². The SMILES string of the molecule is CC1CCC(OOC(C)(C)CC(C)(C)C)(N2CCOCC2)C1. The minimum Gasteiger partial charge on any atom is -0.379 e. The van der Waals surface area contributed by atoms with Crippen LogP contribution < -0.4 is 0 Å². The Balaban J connectivity index is 2.01. The van der Waals surface area contributed by atoms with Crippen molar-refractivity contribution in [2.24, 2.45) is 11.3 Å². The maximum Gasteiger partial charge on any atom is 0.157 e. The van der Waals surface area contributed by atoms with Gasteiger partial charge in [-0.1, -0.05) is 27.7 Å². The quantitative estimate of drug-likeness (QED) is 0.567. The third-order valence-electron chi connectivity index (χ3n) is 4.66. The molecule has 1 saturated heterocycles. The highest BCUT2D eigenvalue weighted by Gasteiger charge is 2.46. The molecule has 1 aliphatic heterocycles. The van der Waals surface area contributed by atoms with Crippen LogP contribution in [0.15, 0.2) is 0 Å². The van der Waals surface area contributed by atoms with Crippen LogP contribution in [-0.2, 0) is 14.5 Å². The van der Waals surface area contributed by atoms with Crippen molar-refractivity contribution in [2.75, 3.05) is 26.3 Å². The fourth-order valence-electron chi connectivity index (χ4n) is 4.10. The highest BCUT2D eigenvalue weighted by atomic mass is 17.2. The van der Waals surface area contributed by atoms with Gasteiger partial charge in [-0.3, -0.25) is 4.90 Å². The minimum absolute atomic E-state index is 0.224. The van der Waals surface area contributed by atoms with Gasteiger partial charge in [0.05, 0.1) is 18.8 Å². The van der Waals surface area contributed by atoms with E-state index in [0.29, 0.717) is 5.92 Å². The van der Waals surface area contributed by atoms with Gasteiger partial charge in [-0.25, -0.2) is 9.78 Å². The standard InChI is InChI=1S/C18H35NO3/c1-15-7-8-18(13-15,19-9-11-20-12-10-19)22-21-17(5,6)14-16(2,3)4/h15H,7-14H2,1-6H3. The second-order valence-electron chi connectivity index (χ2n) is 9.06. The zero-order valence-corrected chi connectivity index (χ0v) is 15.4. The van der Waals surface area contributed by atoms with Gasteiger partial charge in [0.1, 0.15) is 0 Å². The summed E-state index contributed by atoms with van der Waals surface area (Å²) >= 11 is 0. The number of hydrogen-bond acceptors (Lipinski definition) is 4. The molecule has 4 nitrogen and oxygen atoms in total. The maximum atomic E-state index is 6.18. The van der Waals surface area contributed by atoms with E-state index < -0.39 is 0 Å². The van der Waals surface area contributed by atoms with E-state index in [-0.39, 0.29) is 16.7 Å². The lowest BCUT2D eigenvalue weighted by Crippen LogP contribution is -2.54. The molecule has 2 aliphatic rings. The molecule has 0 amide bonds. The Bertz CT molecular complexity index is 358. The summed E-state index contributed by atoms with van der Waals surface area (Å²) in [6.07, 6.45) is 4.29. The van der Waals surface area contributed by atoms with Crippen LogP contribution in [0, 0.1) is 11.3 Å². The van der Waals surface area contributed by atoms with Gasteiger partial charge >= 0.3 is 0 Å². The molecule has 0 aromatic carbocycles. The second kappa shape index (κ2) is 6.76. The Hall–Kier alpha value is -0.160. The topological polar surface area (TPSA) is 30.9 Å². The highest BCUT2D eigenvalue weighted by Crippen LogP contribution is 2.42. The largest absolute Gasteiger partial charge is 0.379 e. The average molecular weight is 313 g/mol. The molecule has 0 bridgehead atoms. The molecule has 22 heavy (non-hydrogen) atoms. The Labute approximate surface area is 136 Å². The number of nitrogens with zero attached hydrogens (tertiary/aromatic N) is 1. The molecule has 2 atom stereocenters. The molecule has 0 aromatic heterocycles. The zero-order valence-electron chi connectivity index (χ0n) is 15.4. The molecule has 2 fully saturated rings. The summed E-state index contributed by atoms with van der Waals surface area (Å²) < 4.78 is 5.50. The van der Waals surface area contributed by atoms with E-state index in [9.17, 15) is 0 Å². The first kappa shape index (κ1) is 18.2. The molecule has 130 valence electrons. The Morgan fingerprint density at radius 3 is 2.27 bits per heavy atom. The number of rotatable bonds is 5. The monoisotopic (exact) mass is 313 g/mol. The summed E-state index contributed by atoms with van der Waals surface area (Å²) in [5.74, 6) is 0.692. The highest BCUT2D eigenvalue weighted by molar-refractivity contribution is 4.90. The fourth-order valence-corrected chi connectivity index (χ4v) is 4.10. The van der Waals surface area contributed by atoms with Crippen molar-refractivity contribution in [3.63, 3.8) is 0 Å². The minimum atomic E-state index is -0.274. The Morgan fingerprint density at radius 1 is 1.14 bits per heavy atom. The van der Waals surface area contributed by atoms with E-state index in [2.05, 4.69) is 46.4 Å². The summed E-state index contributed by atoms with van der Waals surface area (Å²) in [4.78, 5) is 14.6. The first-order chi connectivity index (χ1) is 10.1. The molecule has 2 unspecified atom stereocenters. The maximum absolute atomic E-state index is 6.18. The molecule has 4 heteroatoms. The van der Waals surface area contributed by atoms with E-state index in [0.717, 1.165) is 45.6 Å². The second-order valence-corrected chi connectivity index (χ2v) is 9.06. The molecule has 1 heterocycles. The van der Waals surface area contributed by atoms with E-state index >= 15 is 0 Å². The van der Waals surface area contributed by atoms with Gasteiger partial charge in [0, 0.05) is 13.1 Å². The molecular weight excluding hydrogens is 278 g/mol. The normalized spacial score (nSPS) is 31.6. The first-order valence-electron chi connectivity index (χ1n) is 8.82. The smallest absolute Gasteiger partial charge is 0.157 e.